The van der Waals surface area contributed by atoms with Gasteiger partial charge in [-0.1, -0.05) is 12.2 Å². The fraction of sp³-hybridized carbons (Fsp3) is 0.250. The van der Waals surface area contributed by atoms with Crippen molar-refractivity contribution in [2.75, 3.05) is 11.9 Å². The Kier molecular flexibility index (Phi) is 6.60. The molecule has 0 fully saturated rings. The Morgan fingerprint density at radius 3 is 2.50 bits per heavy atom. The molecule has 1 atom stereocenters. The Bertz CT molecular complexity index is 786. The number of nitrogens with one attached hydrogen (secondary N) is 2. The van der Waals surface area contributed by atoms with Gasteiger partial charge in [0.25, 0.3) is 5.91 Å². The number of anilines is 1. The molecule has 0 aliphatic carbocycles. The Labute approximate surface area is 152 Å². The number of halogens is 1. The van der Waals surface area contributed by atoms with Crippen molar-refractivity contribution in [2.45, 2.75) is 20.3 Å². The van der Waals surface area contributed by atoms with Crippen molar-refractivity contribution in [1.29, 1.82) is 0 Å². The van der Waals surface area contributed by atoms with Crippen molar-refractivity contribution in [2.24, 2.45) is 5.92 Å². The number of pyridine rings is 1. The minimum Gasteiger partial charge on any atom is -0.352 e. The molecular formula is C20H22FN3O2. The van der Waals surface area contributed by atoms with Crippen molar-refractivity contribution in [1.82, 2.24) is 10.3 Å². The number of benzene rings is 1. The van der Waals surface area contributed by atoms with E-state index in [-0.39, 0.29) is 17.6 Å². The molecule has 0 spiro atoms. The normalized spacial score (nSPS) is 11.5. The zero-order valence-corrected chi connectivity index (χ0v) is 14.9. The highest BCUT2D eigenvalue weighted by atomic mass is 19.1. The highest BCUT2D eigenvalue weighted by Gasteiger charge is 2.16. The predicted molar refractivity (Wildman–Crippen MR) is 99.3 cm³/mol. The quantitative estimate of drug-likeness (QED) is 0.747. The molecule has 2 amide bonds. The third-order valence-electron chi connectivity index (χ3n) is 4.02. The summed E-state index contributed by atoms with van der Waals surface area (Å²) >= 11 is 0. The van der Waals surface area contributed by atoms with Crippen LogP contribution in [0.25, 0.3) is 0 Å². The van der Waals surface area contributed by atoms with Gasteiger partial charge in [-0.2, -0.15) is 0 Å². The number of nitrogens with zero attached hydrogens (tertiary/aromatic N) is 1. The van der Waals surface area contributed by atoms with Crippen LogP contribution in [0.3, 0.4) is 0 Å². The molecule has 1 aromatic heterocycles. The van der Waals surface area contributed by atoms with Crippen LogP contribution in [0.5, 0.6) is 0 Å². The van der Waals surface area contributed by atoms with Crippen LogP contribution in [-0.4, -0.2) is 23.3 Å². The first kappa shape index (κ1) is 19.3. The van der Waals surface area contributed by atoms with E-state index in [1.54, 1.807) is 19.1 Å². The van der Waals surface area contributed by atoms with E-state index in [0.717, 1.165) is 5.69 Å². The van der Waals surface area contributed by atoms with Gasteiger partial charge >= 0.3 is 0 Å². The predicted octanol–water partition coefficient (Wildman–Crippen LogP) is 3.48. The summed E-state index contributed by atoms with van der Waals surface area (Å²) in [5, 5.41) is 5.50. The largest absolute Gasteiger partial charge is 0.352 e. The van der Waals surface area contributed by atoms with Gasteiger partial charge in [0.1, 0.15) is 5.82 Å². The van der Waals surface area contributed by atoms with E-state index < -0.39 is 5.92 Å². The van der Waals surface area contributed by atoms with Crippen molar-refractivity contribution in [3.8, 4) is 0 Å². The lowest BCUT2D eigenvalue weighted by molar-refractivity contribution is -0.118. The molecule has 1 heterocycles. The Balaban J connectivity index is 1.79. The van der Waals surface area contributed by atoms with Crippen LogP contribution in [-0.2, 0) is 4.79 Å². The number of carbonyl (C=O) groups excluding carboxylic acids is 2. The van der Waals surface area contributed by atoms with E-state index in [9.17, 15) is 14.0 Å². The summed E-state index contributed by atoms with van der Waals surface area (Å²) in [6.45, 7) is 7.90. The number of carbonyl (C=O) groups is 2. The molecule has 0 aliphatic heterocycles. The van der Waals surface area contributed by atoms with Crippen LogP contribution in [0, 0.1) is 18.7 Å². The van der Waals surface area contributed by atoms with Gasteiger partial charge in [-0.15, -0.1) is 0 Å². The Morgan fingerprint density at radius 1 is 1.19 bits per heavy atom. The molecule has 136 valence electrons. The molecule has 0 radical (unpaired) electrons. The van der Waals surface area contributed by atoms with Crippen molar-refractivity contribution in [3.05, 3.63) is 71.8 Å². The summed E-state index contributed by atoms with van der Waals surface area (Å²) in [6.07, 6.45) is 2.00. The maximum atomic E-state index is 12.9. The van der Waals surface area contributed by atoms with Crippen LogP contribution >= 0.6 is 0 Å². The third kappa shape index (κ3) is 5.51. The summed E-state index contributed by atoms with van der Waals surface area (Å²) in [5.41, 5.74) is 2.56. The molecule has 6 heteroatoms. The average molecular weight is 355 g/mol. The van der Waals surface area contributed by atoms with E-state index in [2.05, 4.69) is 22.2 Å². The number of hydrogen-bond acceptors (Lipinski definition) is 3. The second-order valence-electron chi connectivity index (χ2n) is 6.07. The molecule has 2 N–H and O–H groups in total. The molecule has 0 aliphatic rings. The van der Waals surface area contributed by atoms with Gasteiger partial charge in [-0.3, -0.25) is 14.6 Å². The maximum Gasteiger partial charge on any atom is 0.252 e. The standard InChI is InChI=1S/C20H22FN3O2/c1-13(10-11-22-20(26)16-5-4-14(2)23-12-16)15(3)19(25)24-18-8-6-17(21)7-9-18/h4-9,12,15H,1,10-11H2,2-3H3,(H,22,26)(H,24,25). The second kappa shape index (κ2) is 8.89. The summed E-state index contributed by atoms with van der Waals surface area (Å²) < 4.78 is 12.9. The van der Waals surface area contributed by atoms with E-state index in [1.807, 2.05) is 6.92 Å². The molecule has 26 heavy (non-hydrogen) atoms. The number of amides is 2. The summed E-state index contributed by atoms with van der Waals surface area (Å²) in [5.74, 6) is -1.23. The molecule has 5 nitrogen and oxygen atoms in total. The lowest BCUT2D eigenvalue weighted by Crippen LogP contribution is -2.27. The zero-order valence-electron chi connectivity index (χ0n) is 14.9. The first-order chi connectivity index (χ1) is 12.4. The second-order valence-corrected chi connectivity index (χ2v) is 6.07. The van der Waals surface area contributed by atoms with Crippen LogP contribution in [0.4, 0.5) is 10.1 Å². The summed E-state index contributed by atoms with van der Waals surface area (Å²) in [4.78, 5) is 28.3. The number of hydrogen-bond donors (Lipinski definition) is 2. The Hall–Kier alpha value is -3.02. The summed E-state index contributed by atoms with van der Waals surface area (Å²) in [6, 6.07) is 9.05. The van der Waals surface area contributed by atoms with Gasteiger partial charge in [-0.25, -0.2) is 4.39 Å². The zero-order chi connectivity index (χ0) is 19.1. The number of aryl methyl sites for hydroxylation is 1. The molecule has 2 aromatic rings. The highest BCUT2D eigenvalue weighted by Crippen LogP contribution is 2.16. The monoisotopic (exact) mass is 355 g/mol. The highest BCUT2D eigenvalue weighted by molar-refractivity contribution is 5.94. The minimum absolute atomic E-state index is 0.214. The fourth-order valence-electron chi connectivity index (χ4n) is 2.23. The molecule has 1 unspecified atom stereocenters. The Morgan fingerprint density at radius 2 is 1.88 bits per heavy atom. The summed E-state index contributed by atoms with van der Waals surface area (Å²) in [7, 11) is 0. The first-order valence-electron chi connectivity index (χ1n) is 8.32. The fourth-order valence-corrected chi connectivity index (χ4v) is 2.23. The minimum atomic E-state index is -0.432. The van der Waals surface area contributed by atoms with Crippen LogP contribution in [0.1, 0.15) is 29.4 Å². The van der Waals surface area contributed by atoms with E-state index in [1.165, 1.54) is 30.5 Å². The van der Waals surface area contributed by atoms with Gasteiger partial charge in [0.05, 0.1) is 11.5 Å². The van der Waals surface area contributed by atoms with Gasteiger partial charge in [-0.05, 0) is 56.7 Å². The maximum absolute atomic E-state index is 12.9. The molecule has 1 aromatic carbocycles. The molecule has 2 rings (SSSR count). The number of rotatable bonds is 7. The SMILES string of the molecule is C=C(CCNC(=O)c1ccc(C)nc1)C(C)C(=O)Nc1ccc(F)cc1. The molecule has 0 saturated carbocycles. The van der Waals surface area contributed by atoms with Gasteiger partial charge in [0.2, 0.25) is 5.91 Å². The average Bonchev–Trinajstić information content (AvgIpc) is 2.63. The van der Waals surface area contributed by atoms with E-state index in [0.29, 0.717) is 29.8 Å². The van der Waals surface area contributed by atoms with Crippen LogP contribution in [0.2, 0.25) is 0 Å². The molecular weight excluding hydrogens is 333 g/mol. The van der Waals surface area contributed by atoms with Gasteiger partial charge < -0.3 is 10.6 Å². The lowest BCUT2D eigenvalue weighted by Gasteiger charge is -2.15. The third-order valence-corrected chi connectivity index (χ3v) is 4.02. The van der Waals surface area contributed by atoms with Gasteiger partial charge in [0, 0.05) is 24.1 Å². The first-order valence-corrected chi connectivity index (χ1v) is 8.32. The number of aromatic nitrogens is 1. The smallest absolute Gasteiger partial charge is 0.252 e. The van der Waals surface area contributed by atoms with Crippen molar-refractivity contribution >= 4 is 17.5 Å². The molecule has 0 bridgehead atoms. The lowest BCUT2D eigenvalue weighted by atomic mass is 9.98. The van der Waals surface area contributed by atoms with Crippen LogP contribution < -0.4 is 10.6 Å². The topological polar surface area (TPSA) is 71.1 Å². The van der Waals surface area contributed by atoms with Crippen molar-refractivity contribution in [3.63, 3.8) is 0 Å². The van der Waals surface area contributed by atoms with Crippen molar-refractivity contribution < 1.29 is 14.0 Å². The van der Waals surface area contributed by atoms with E-state index >= 15 is 0 Å². The van der Waals surface area contributed by atoms with Crippen LogP contribution in [0.15, 0.2) is 54.7 Å². The molecule has 0 saturated heterocycles. The van der Waals surface area contributed by atoms with E-state index in [4.69, 9.17) is 0 Å². The van der Waals surface area contributed by atoms with Gasteiger partial charge in [0.15, 0.2) is 0 Å².